The lowest BCUT2D eigenvalue weighted by Gasteiger charge is -2.36. The molecule has 0 atom stereocenters. The fourth-order valence-electron chi connectivity index (χ4n) is 3.09. The van der Waals surface area contributed by atoms with Gasteiger partial charge in [-0.1, -0.05) is 0 Å². The van der Waals surface area contributed by atoms with Crippen molar-refractivity contribution in [3.8, 4) is 5.75 Å². The summed E-state index contributed by atoms with van der Waals surface area (Å²) >= 11 is 0. The summed E-state index contributed by atoms with van der Waals surface area (Å²) in [5, 5.41) is 0. The molecule has 2 aliphatic heterocycles. The average molecular weight is 288 g/mol. The largest absolute Gasteiger partial charge is 0.493 e. The first-order valence-corrected chi connectivity index (χ1v) is 7.89. The smallest absolute Gasteiger partial charge is 0.176 e. The van der Waals surface area contributed by atoms with Gasteiger partial charge in [-0.25, -0.2) is 0 Å². The molecule has 0 unspecified atom stereocenters. The van der Waals surface area contributed by atoms with E-state index in [2.05, 4.69) is 23.6 Å². The lowest BCUT2D eigenvalue weighted by molar-refractivity contribution is 0.0807. The highest BCUT2D eigenvalue weighted by Crippen LogP contribution is 2.26. The van der Waals surface area contributed by atoms with E-state index in [1.165, 1.54) is 5.56 Å². The van der Waals surface area contributed by atoms with Gasteiger partial charge in [0.1, 0.15) is 5.75 Å². The molecule has 0 spiro atoms. The standard InChI is InChI=1S/C17H24N2O2/c1-13(2)19-8-6-18(7-9-19)12-16(20)14-3-4-17-15(11-14)5-10-21-17/h3-4,11,13H,5-10,12H2,1-2H3. The molecule has 0 N–H and O–H groups in total. The Morgan fingerprint density at radius 1 is 1.24 bits per heavy atom. The molecule has 0 radical (unpaired) electrons. The van der Waals surface area contributed by atoms with Crippen molar-refractivity contribution in [3.05, 3.63) is 29.3 Å². The first-order chi connectivity index (χ1) is 10.1. The second kappa shape index (κ2) is 6.16. The molecule has 2 heterocycles. The number of carbonyl (C=O) groups excluding carboxylic acids is 1. The first kappa shape index (κ1) is 14.5. The van der Waals surface area contributed by atoms with E-state index < -0.39 is 0 Å². The summed E-state index contributed by atoms with van der Waals surface area (Å²) in [6.45, 7) is 9.82. The number of benzene rings is 1. The maximum absolute atomic E-state index is 12.4. The summed E-state index contributed by atoms with van der Waals surface area (Å²) in [7, 11) is 0. The molecule has 1 aromatic carbocycles. The minimum atomic E-state index is 0.225. The van der Waals surface area contributed by atoms with Gasteiger partial charge in [-0.2, -0.15) is 0 Å². The van der Waals surface area contributed by atoms with E-state index in [0.29, 0.717) is 12.6 Å². The quantitative estimate of drug-likeness (QED) is 0.791. The summed E-state index contributed by atoms with van der Waals surface area (Å²) in [5.74, 6) is 1.17. The Balaban J connectivity index is 1.57. The Labute approximate surface area is 126 Å². The van der Waals surface area contributed by atoms with Gasteiger partial charge in [0.2, 0.25) is 0 Å². The predicted molar refractivity (Wildman–Crippen MR) is 83.1 cm³/mol. The molecule has 2 aliphatic rings. The third-order valence-corrected chi connectivity index (χ3v) is 4.52. The van der Waals surface area contributed by atoms with E-state index in [-0.39, 0.29) is 5.78 Å². The van der Waals surface area contributed by atoms with Gasteiger partial charge in [0.05, 0.1) is 13.2 Å². The third-order valence-electron chi connectivity index (χ3n) is 4.52. The zero-order valence-corrected chi connectivity index (χ0v) is 13.0. The van der Waals surface area contributed by atoms with E-state index in [9.17, 15) is 4.79 Å². The Kier molecular flexibility index (Phi) is 4.27. The second-order valence-electron chi connectivity index (χ2n) is 6.25. The van der Waals surface area contributed by atoms with Gasteiger partial charge < -0.3 is 4.74 Å². The molecule has 0 bridgehead atoms. The number of ketones is 1. The van der Waals surface area contributed by atoms with Gasteiger partial charge in [-0.15, -0.1) is 0 Å². The van der Waals surface area contributed by atoms with E-state index >= 15 is 0 Å². The zero-order valence-electron chi connectivity index (χ0n) is 13.0. The van der Waals surface area contributed by atoms with Gasteiger partial charge in [0.25, 0.3) is 0 Å². The molecule has 4 heteroatoms. The van der Waals surface area contributed by atoms with Crippen LogP contribution < -0.4 is 4.74 Å². The Bertz CT molecular complexity index is 520. The summed E-state index contributed by atoms with van der Waals surface area (Å²) in [5.41, 5.74) is 2.00. The Hall–Kier alpha value is -1.39. The van der Waals surface area contributed by atoms with Gasteiger partial charge in [-0.05, 0) is 37.6 Å². The lowest BCUT2D eigenvalue weighted by Crippen LogP contribution is -2.50. The average Bonchev–Trinajstić information content (AvgIpc) is 2.95. The monoisotopic (exact) mass is 288 g/mol. The highest BCUT2D eigenvalue weighted by atomic mass is 16.5. The molecule has 0 amide bonds. The zero-order chi connectivity index (χ0) is 14.8. The molecule has 1 aromatic rings. The Morgan fingerprint density at radius 3 is 2.71 bits per heavy atom. The highest BCUT2D eigenvalue weighted by Gasteiger charge is 2.21. The molecule has 0 saturated carbocycles. The summed E-state index contributed by atoms with van der Waals surface area (Å²) in [6.07, 6.45) is 0.920. The number of nitrogens with zero attached hydrogens (tertiary/aromatic N) is 2. The van der Waals surface area contributed by atoms with Crippen molar-refractivity contribution in [1.29, 1.82) is 0 Å². The van der Waals surface area contributed by atoms with Crippen molar-refractivity contribution < 1.29 is 9.53 Å². The lowest BCUT2D eigenvalue weighted by atomic mass is 10.0. The SMILES string of the molecule is CC(C)N1CCN(CC(=O)c2ccc3c(c2)CCO3)CC1. The van der Waals surface area contributed by atoms with Crippen molar-refractivity contribution in [2.75, 3.05) is 39.3 Å². The van der Waals surface area contributed by atoms with Crippen LogP contribution in [0.15, 0.2) is 18.2 Å². The molecule has 1 fully saturated rings. The van der Waals surface area contributed by atoms with Crippen molar-refractivity contribution in [2.24, 2.45) is 0 Å². The molecular formula is C17H24N2O2. The molecule has 0 aromatic heterocycles. The first-order valence-electron chi connectivity index (χ1n) is 7.89. The van der Waals surface area contributed by atoms with Gasteiger partial charge in [0.15, 0.2) is 5.78 Å². The van der Waals surface area contributed by atoms with Crippen LogP contribution in [-0.4, -0.2) is 61.0 Å². The van der Waals surface area contributed by atoms with E-state index in [4.69, 9.17) is 4.74 Å². The third kappa shape index (κ3) is 3.27. The molecule has 1 saturated heterocycles. The van der Waals surface area contributed by atoms with Crippen LogP contribution >= 0.6 is 0 Å². The van der Waals surface area contributed by atoms with Gasteiger partial charge in [-0.3, -0.25) is 14.6 Å². The minimum Gasteiger partial charge on any atom is -0.493 e. The molecular weight excluding hydrogens is 264 g/mol. The second-order valence-corrected chi connectivity index (χ2v) is 6.25. The van der Waals surface area contributed by atoms with Crippen LogP contribution in [0.2, 0.25) is 0 Å². The fourth-order valence-corrected chi connectivity index (χ4v) is 3.09. The van der Waals surface area contributed by atoms with Gasteiger partial charge >= 0.3 is 0 Å². The molecule has 0 aliphatic carbocycles. The van der Waals surface area contributed by atoms with Crippen LogP contribution in [-0.2, 0) is 6.42 Å². The van der Waals surface area contributed by atoms with Crippen molar-refractivity contribution in [1.82, 2.24) is 9.80 Å². The van der Waals surface area contributed by atoms with Gasteiger partial charge in [0, 0.05) is 44.2 Å². The number of hydrogen-bond donors (Lipinski definition) is 0. The topological polar surface area (TPSA) is 32.8 Å². The number of rotatable bonds is 4. The normalized spacial score (nSPS) is 19.6. The van der Waals surface area contributed by atoms with Crippen molar-refractivity contribution in [2.45, 2.75) is 26.3 Å². The number of ether oxygens (including phenoxy) is 1. The number of Topliss-reactive ketones (excluding diaryl/α,β-unsaturated/α-hetero) is 1. The number of carbonyl (C=O) groups is 1. The van der Waals surface area contributed by atoms with Crippen LogP contribution in [0.5, 0.6) is 5.75 Å². The number of fused-ring (bicyclic) bond motifs is 1. The van der Waals surface area contributed by atoms with Crippen LogP contribution in [0, 0.1) is 0 Å². The van der Waals surface area contributed by atoms with Crippen molar-refractivity contribution >= 4 is 5.78 Å². The van der Waals surface area contributed by atoms with Crippen LogP contribution in [0.1, 0.15) is 29.8 Å². The number of piperazine rings is 1. The summed E-state index contributed by atoms with van der Waals surface area (Å²) in [4.78, 5) is 17.2. The molecule has 4 nitrogen and oxygen atoms in total. The molecule has 3 rings (SSSR count). The highest BCUT2D eigenvalue weighted by molar-refractivity contribution is 5.98. The maximum Gasteiger partial charge on any atom is 0.176 e. The number of hydrogen-bond acceptors (Lipinski definition) is 4. The van der Waals surface area contributed by atoms with E-state index in [1.807, 2.05) is 18.2 Å². The fraction of sp³-hybridized carbons (Fsp3) is 0.588. The Morgan fingerprint density at radius 2 is 2.00 bits per heavy atom. The van der Waals surface area contributed by atoms with Crippen LogP contribution in [0.25, 0.3) is 0 Å². The van der Waals surface area contributed by atoms with E-state index in [1.54, 1.807) is 0 Å². The summed E-state index contributed by atoms with van der Waals surface area (Å²) < 4.78 is 5.49. The van der Waals surface area contributed by atoms with E-state index in [0.717, 1.165) is 50.5 Å². The predicted octanol–water partition coefficient (Wildman–Crippen LogP) is 1.83. The van der Waals surface area contributed by atoms with Crippen LogP contribution in [0.3, 0.4) is 0 Å². The molecule has 21 heavy (non-hydrogen) atoms. The molecule has 114 valence electrons. The van der Waals surface area contributed by atoms with Crippen LogP contribution in [0.4, 0.5) is 0 Å². The summed E-state index contributed by atoms with van der Waals surface area (Å²) in [6, 6.07) is 6.44. The van der Waals surface area contributed by atoms with Crippen molar-refractivity contribution in [3.63, 3.8) is 0 Å². The minimum absolute atomic E-state index is 0.225. The maximum atomic E-state index is 12.4.